The van der Waals surface area contributed by atoms with Crippen LogP contribution in [0.15, 0.2) is 71.8 Å². The van der Waals surface area contributed by atoms with Gasteiger partial charge in [0.05, 0.1) is 34.8 Å². The van der Waals surface area contributed by atoms with Gasteiger partial charge in [-0.25, -0.2) is 13.4 Å². The molecular formula is C38H45N5O8S. The van der Waals surface area contributed by atoms with Crippen LogP contribution >= 0.6 is 0 Å². The molecule has 0 bridgehead atoms. The Balaban J connectivity index is 1.68. The van der Waals surface area contributed by atoms with Crippen molar-refractivity contribution in [3.05, 3.63) is 78.0 Å². The Bertz CT molecular complexity index is 2100. The van der Waals surface area contributed by atoms with Gasteiger partial charge in [-0.1, -0.05) is 6.07 Å². The number of hydrogen-bond donors (Lipinski definition) is 4. The van der Waals surface area contributed by atoms with Crippen molar-refractivity contribution in [1.82, 2.24) is 9.88 Å². The van der Waals surface area contributed by atoms with Crippen molar-refractivity contribution in [2.45, 2.75) is 76.3 Å². The number of nitrogens with one attached hydrogen (secondary N) is 2. The summed E-state index contributed by atoms with van der Waals surface area (Å²) in [5, 5.41) is 17.1. The summed E-state index contributed by atoms with van der Waals surface area (Å²) in [6, 6.07) is 14.4. The van der Waals surface area contributed by atoms with Gasteiger partial charge in [0.2, 0.25) is 11.8 Å². The van der Waals surface area contributed by atoms with E-state index >= 15 is 4.79 Å². The van der Waals surface area contributed by atoms with Gasteiger partial charge in [-0.05, 0) is 112 Å². The summed E-state index contributed by atoms with van der Waals surface area (Å²) in [6.45, 7) is 10.3. The van der Waals surface area contributed by atoms with E-state index in [1.54, 1.807) is 42.6 Å². The minimum Gasteiger partial charge on any atom is -0.490 e. The van der Waals surface area contributed by atoms with Crippen molar-refractivity contribution in [3.8, 4) is 11.5 Å². The number of carboxylic acids is 1. The van der Waals surface area contributed by atoms with Gasteiger partial charge in [-0.2, -0.15) is 0 Å². The molecule has 0 saturated carbocycles. The van der Waals surface area contributed by atoms with Crippen LogP contribution in [0.25, 0.3) is 10.8 Å². The topological polar surface area (TPSA) is 190 Å². The lowest BCUT2D eigenvalue weighted by molar-refractivity contribution is -0.143. The second-order valence-corrected chi connectivity index (χ2v) is 15.7. The molecule has 1 fully saturated rings. The Hall–Kier alpha value is -5.37. The number of pyridine rings is 1. The number of carbonyl (C=O) groups is 3. The van der Waals surface area contributed by atoms with Gasteiger partial charge in [0.1, 0.15) is 11.9 Å². The molecule has 1 aromatic heterocycles. The second-order valence-electron chi connectivity index (χ2n) is 13.3. The summed E-state index contributed by atoms with van der Waals surface area (Å²) < 4.78 is 39.4. The summed E-state index contributed by atoms with van der Waals surface area (Å²) in [4.78, 5) is 45.4. The molecular weight excluding hydrogens is 687 g/mol. The molecule has 2 amide bonds. The van der Waals surface area contributed by atoms with E-state index in [0.29, 0.717) is 35.2 Å². The zero-order valence-corrected chi connectivity index (χ0v) is 30.9. The molecule has 1 unspecified atom stereocenters. The zero-order valence-electron chi connectivity index (χ0n) is 30.0. The fourth-order valence-electron chi connectivity index (χ4n) is 6.49. The minimum atomic E-state index is -3.97. The third-order valence-corrected chi connectivity index (χ3v) is 11.1. The molecule has 5 rings (SSSR count). The smallest absolute Gasteiger partial charge is 0.309 e. The predicted molar refractivity (Wildman–Crippen MR) is 199 cm³/mol. The molecule has 0 aliphatic carbocycles. The predicted octanol–water partition coefficient (Wildman–Crippen LogP) is 5.97. The average molecular weight is 732 g/mol. The molecule has 13 nitrogen and oxygen atoms in total. The van der Waals surface area contributed by atoms with Crippen LogP contribution in [0.5, 0.6) is 11.5 Å². The molecule has 0 radical (unpaired) electrons. The summed E-state index contributed by atoms with van der Waals surface area (Å²) in [5.41, 5.74) is 7.55. The first-order valence-corrected chi connectivity index (χ1v) is 18.7. The maximum absolute atomic E-state index is 15.1. The fraction of sp³-hybridized carbons (Fsp3) is 0.368. The molecule has 14 heteroatoms. The van der Waals surface area contributed by atoms with Crippen molar-refractivity contribution in [3.63, 3.8) is 0 Å². The monoisotopic (exact) mass is 731 g/mol. The van der Waals surface area contributed by atoms with Crippen LogP contribution in [0.1, 0.15) is 71.2 Å². The van der Waals surface area contributed by atoms with Gasteiger partial charge in [-0.15, -0.1) is 0 Å². The number of anilines is 3. The zero-order chi connectivity index (χ0) is 37.9. The highest BCUT2D eigenvalue weighted by molar-refractivity contribution is 7.92. The van der Waals surface area contributed by atoms with Crippen molar-refractivity contribution in [2.24, 2.45) is 5.92 Å². The van der Waals surface area contributed by atoms with Crippen molar-refractivity contribution >= 4 is 55.6 Å². The van der Waals surface area contributed by atoms with Gasteiger partial charge >= 0.3 is 5.97 Å². The van der Waals surface area contributed by atoms with E-state index in [4.69, 9.17) is 15.2 Å². The van der Waals surface area contributed by atoms with Crippen LogP contribution in [0.3, 0.4) is 0 Å². The maximum atomic E-state index is 15.1. The molecule has 52 heavy (non-hydrogen) atoms. The SMILES string of the molecule is CCOc1cc(C(Nc2ccc3c(N)nccc3c2)C(=O)N2CC[C@@H](C(=O)O)[C@@H]2c2cc(NC(C)=O)ccc2S(=O)(=O)C(C)C)ccc1OC(C)C. The maximum Gasteiger partial charge on any atom is 0.309 e. The first-order chi connectivity index (χ1) is 24.6. The van der Waals surface area contributed by atoms with E-state index in [2.05, 4.69) is 15.6 Å². The summed E-state index contributed by atoms with van der Waals surface area (Å²) in [7, 11) is -3.97. The highest BCUT2D eigenvalue weighted by Crippen LogP contribution is 2.44. The number of ether oxygens (including phenoxy) is 2. The number of benzene rings is 3. The first-order valence-electron chi connectivity index (χ1n) is 17.1. The first kappa shape index (κ1) is 37.9. The van der Waals surface area contributed by atoms with E-state index < -0.39 is 50.9 Å². The van der Waals surface area contributed by atoms with Crippen LogP contribution in [0.2, 0.25) is 0 Å². The Morgan fingerprint density at radius 1 is 1.00 bits per heavy atom. The summed E-state index contributed by atoms with van der Waals surface area (Å²) >= 11 is 0. The third kappa shape index (κ3) is 7.91. The van der Waals surface area contributed by atoms with Crippen LogP contribution in [-0.4, -0.2) is 65.7 Å². The Morgan fingerprint density at radius 2 is 1.73 bits per heavy atom. The molecule has 1 aliphatic heterocycles. The molecule has 4 aromatic rings. The average Bonchev–Trinajstić information content (AvgIpc) is 3.53. The fourth-order valence-corrected chi connectivity index (χ4v) is 7.77. The minimum absolute atomic E-state index is 0.0248. The standard InChI is InChI=1S/C38H45N5O8S/c1-7-50-32-19-25(8-12-31(32)51-21(2)3)34(42-26-9-11-28-24(18-26)14-16-40-36(28)39)37(45)43-17-15-29(38(46)47)35(43)30-20-27(41-23(6)44)10-13-33(30)52(48,49)22(4)5/h8-14,16,18-22,29,34-35,42H,7,15,17H2,1-6H3,(H2,39,40)(H,41,44)(H,46,47)/t29-,34?,35-/m1/s1. The number of aromatic nitrogens is 1. The molecule has 1 aliphatic rings. The molecule has 2 heterocycles. The number of carboxylic acid groups (broad SMARTS) is 1. The van der Waals surface area contributed by atoms with Crippen LogP contribution in [0, 0.1) is 5.92 Å². The normalized spacial score (nSPS) is 16.6. The van der Waals surface area contributed by atoms with Crippen LogP contribution in [-0.2, 0) is 24.2 Å². The molecule has 3 atom stereocenters. The molecule has 0 spiro atoms. The largest absolute Gasteiger partial charge is 0.490 e. The lowest BCUT2D eigenvalue weighted by atomic mass is 9.92. The van der Waals surface area contributed by atoms with Crippen molar-refractivity contribution in [2.75, 3.05) is 29.5 Å². The Kier molecular flexibility index (Phi) is 11.3. The van der Waals surface area contributed by atoms with Crippen LogP contribution in [0.4, 0.5) is 17.2 Å². The van der Waals surface area contributed by atoms with Crippen molar-refractivity contribution in [1.29, 1.82) is 0 Å². The number of nitrogens with zero attached hydrogens (tertiary/aromatic N) is 2. The lowest BCUT2D eigenvalue weighted by Crippen LogP contribution is -2.40. The second kappa shape index (κ2) is 15.5. The van der Waals surface area contributed by atoms with Gasteiger partial charge in [0.25, 0.3) is 0 Å². The van der Waals surface area contributed by atoms with E-state index in [-0.39, 0.29) is 35.2 Å². The molecule has 276 valence electrons. The molecule has 1 saturated heterocycles. The number of nitrogens with two attached hydrogens (primary N) is 1. The number of sulfone groups is 1. The van der Waals surface area contributed by atoms with E-state index in [1.807, 2.05) is 26.8 Å². The van der Waals surface area contributed by atoms with Gasteiger partial charge in [-0.3, -0.25) is 14.4 Å². The molecule has 3 aromatic carbocycles. The number of likely N-dealkylation sites (tertiary alicyclic amines) is 1. The number of carbonyl (C=O) groups excluding carboxylic acids is 2. The summed E-state index contributed by atoms with van der Waals surface area (Å²) in [6.07, 6.45) is 1.51. The number of nitrogen functional groups attached to an aromatic ring is 1. The van der Waals surface area contributed by atoms with Gasteiger partial charge in [0.15, 0.2) is 21.3 Å². The Labute approximate surface area is 303 Å². The third-order valence-electron chi connectivity index (χ3n) is 8.89. The number of aliphatic carboxylic acids is 1. The van der Waals surface area contributed by atoms with Gasteiger partial charge in [0, 0.05) is 36.4 Å². The number of amides is 2. The van der Waals surface area contributed by atoms with E-state index in [0.717, 1.165) is 10.8 Å². The van der Waals surface area contributed by atoms with Crippen molar-refractivity contribution < 1.29 is 37.4 Å². The van der Waals surface area contributed by atoms with E-state index in [1.165, 1.54) is 43.9 Å². The highest BCUT2D eigenvalue weighted by Gasteiger charge is 2.46. The summed E-state index contributed by atoms with van der Waals surface area (Å²) in [5.74, 6) is -1.96. The van der Waals surface area contributed by atoms with E-state index in [9.17, 15) is 23.1 Å². The Morgan fingerprint density at radius 3 is 2.38 bits per heavy atom. The van der Waals surface area contributed by atoms with Crippen LogP contribution < -0.4 is 25.8 Å². The lowest BCUT2D eigenvalue weighted by Gasteiger charge is -2.33. The van der Waals surface area contributed by atoms with Gasteiger partial charge < -0.3 is 35.8 Å². The quantitative estimate of drug-likeness (QED) is 0.127. The number of fused-ring (bicyclic) bond motifs is 1. The number of rotatable bonds is 13. The number of hydrogen-bond acceptors (Lipinski definition) is 10. The molecule has 5 N–H and O–H groups in total. The highest BCUT2D eigenvalue weighted by atomic mass is 32.2.